The maximum Gasteiger partial charge on any atom is 0.122 e. The molecule has 0 amide bonds. The molecule has 0 saturated carbocycles. The number of hydrogen-bond acceptors (Lipinski definition) is 2. The molecule has 4 rings (SSSR count). The first-order valence-electron chi connectivity index (χ1n) is 7.70. The van der Waals surface area contributed by atoms with Crippen LogP contribution in [-0.4, -0.2) is 9.78 Å². The van der Waals surface area contributed by atoms with Crippen molar-refractivity contribution in [2.24, 2.45) is 0 Å². The normalized spacial score (nSPS) is 10.9. The van der Waals surface area contributed by atoms with E-state index in [0.29, 0.717) is 6.61 Å². The van der Waals surface area contributed by atoms with Crippen LogP contribution in [0.15, 0.2) is 83.5 Å². The van der Waals surface area contributed by atoms with Gasteiger partial charge in [0.05, 0.1) is 17.4 Å². The number of aromatic nitrogens is 2. The molecule has 0 aliphatic carbocycles. The fourth-order valence-corrected chi connectivity index (χ4v) is 2.88. The van der Waals surface area contributed by atoms with Crippen LogP contribution in [0.25, 0.3) is 16.6 Å². The van der Waals surface area contributed by atoms with Crippen LogP contribution >= 0.6 is 15.9 Å². The number of fused-ring (bicyclic) bond motifs is 1. The Bertz CT molecular complexity index is 962. The van der Waals surface area contributed by atoms with E-state index in [1.54, 1.807) is 0 Å². The van der Waals surface area contributed by atoms with Crippen molar-refractivity contribution in [1.29, 1.82) is 0 Å². The molecule has 0 saturated heterocycles. The van der Waals surface area contributed by atoms with Gasteiger partial charge in [-0.05, 0) is 42.0 Å². The van der Waals surface area contributed by atoms with Crippen molar-refractivity contribution >= 4 is 26.8 Å². The number of benzene rings is 3. The lowest BCUT2D eigenvalue weighted by molar-refractivity contribution is 0.306. The summed E-state index contributed by atoms with van der Waals surface area (Å²) in [7, 11) is 0. The molecule has 0 unspecified atom stereocenters. The summed E-state index contributed by atoms with van der Waals surface area (Å²) in [6.07, 6.45) is 1.87. The summed E-state index contributed by atoms with van der Waals surface area (Å²) in [6.45, 7) is 0.554. The minimum Gasteiger partial charge on any atom is -0.489 e. The van der Waals surface area contributed by atoms with Gasteiger partial charge in [0.2, 0.25) is 0 Å². The third-order valence-electron chi connectivity index (χ3n) is 3.86. The van der Waals surface area contributed by atoms with E-state index in [1.807, 2.05) is 71.5 Å². The van der Waals surface area contributed by atoms with Crippen LogP contribution in [0.4, 0.5) is 0 Å². The maximum atomic E-state index is 5.93. The van der Waals surface area contributed by atoms with Crippen molar-refractivity contribution < 1.29 is 4.74 Å². The smallest absolute Gasteiger partial charge is 0.122 e. The standard InChI is InChI=1S/C20H15BrN2O/c21-17-7-9-18(10-8-17)23-20-12-19(11-6-16(20)13-22-23)24-14-15-4-2-1-3-5-15/h1-13H,14H2. The van der Waals surface area contributed by atoms with Crippen LogP contribution in [0, 0.1) is 0 Å². The number of rotatable bonds is 4. The first-order valence-corrected chi connectivity index (χ1v) is 8.49. The Labute approximate surface area is 148 Å². The molecule has 0 bridgehead atoms. The Morgan fingerprint density at radius 2 is 1.71 bits per heavy atom. The van der Waals surface area contributed by atoms with Gasteiger partial charge in [-0.2, -0.15) is 5.10 Å². The van der Waals surface area contributed by atoms with Crippen molar-refractivity contribution in [2.75, 3.05) is 0 Å². The topological polar surface area (TPSA) is 27.1 Å². The van der Waals surface area contributed by atoms with Crippen molar-refractivity contribution in [3.05, 3.63) is 89.0 Å². The molecule has 0 aliphatic rings. The van der Waals surface area contributed by atoms with Gasteiger partial charge in [0.15, 0.2) is 0 Å². The molecule has 0 radical (unpaired) electrons. The number of ether oxygens (including phenoxy) is 1. The molecule has 1 aromatic heterocycles. The summed E-state index contributed by atoms with van der Waals surface area (Å²) in [4.78, 5) is 0. The average Bonchev–Trinajstić information content (AvgIpc) is 3.05. The third-order valence-corrected chi connectivity index (χ3v) is 4.39. The molecule has 0 spiro atoms. The molecular formula is C20H15BrN2O. The lowest BCUT2D eigenvalue weighted by Crippen LogP contribution is -1.97. The van der Waals surface area contributed by atoms with E-state index in [9.17, 15) is 0 Å². The lowest BCUT2D eigenvalue weighted by atomic mass is 10.2. The van der Waals surface area contributed by atoms with Gasteiger partial charge in [-0.25, -0.2) is 4.68 Å². The van der Waals surface area contributed by atoms with Crippen LogP contribution in [0.3, 0.4) is 0 Å². The van der Waals surface area contributed by atoms with Gasteiger partial charge in [0.25, 0.3) is 0 Å². The molecule has 4 heteroatoms. The zero-order valence-electron chi connectivity index (χ0n) is 12.9. The summed E-state index contributed by atoms with van der Waals surface area (Å²) >= 11 is 3.46. The Balaban J connectivity index is 1.64. The highest BCUT2D eigenvalue weighted by Gasteiger charge is 2.07. The van der Waals surface area contributed by atoms with E-state index in [-0.39, 0.29) is 0 Å². The first-order chi connectivity index (χ1) is 11.8. The van der Waals surface area contributed by atoms with E-state index < -0.39 is 0 Å². The second-order valence-electron chi connectivity index (χ2n) is 5.53. The van der Waals surface area contributed by atoms with Crippen molar-refractivity contribution in [3.63, 3.8) is 0 Å². The van der Waals surface area contributed by atoms with Crippen LogP contribution in [0.2, 0.25) is 0 Å². The molecule has 4 aromatic rings. The molecule has 0 atom stereocenters. The molecule has 118 valence electrons. The summed E-state index contributed by atoms with van der Waals surface area (Å²) < 4.78 is 8.91. The fourth-order valence-electron chi connectivity index (χ4n) is 2.62. The number of halogens is 1. The van der Waals surface area contributed by atoms with E-state index in [0.717, 1.165) is 32.4 Å². The van der Waals surface area contributed by atoms with Gasteiger partial charge in [0.1, 0.15) is 12.4 Å². The molecule has 3 aromatic carbocycles. The highest BCUT2D eigenvalue weighted by atomic mass is 79.9. The second kappa shape index (κ2) is 6.49. The molecule has 3 nitrogen and oxygen atoms in total. The lowest BCUT2D eigenvalue weighted by Gasteiger charge is -2.08. The van der Waals surface area contributed by atoms with Crippen LogP contribution < -0.4 is 4.74 Å². The predicted octanol–water partition coefficient (Wildman–Crippen LogP) is 5.37. The van der Waals surface area contributed by atoms with E-state index in [4.69, 9.17) is 4.74 Å². The molecule has 0 fully saturated rings. The number of hydrogen-bond donors (Lipinski definition) is 0. The average molecular weight is 379 g/mol. The van der Waals surface area contributed by atoms with Gasteiger partial charge < -0.3 is 4.74 Å². The number of nitrogens with zero attached hydrogens (tertiary/aromatic N) is 2. The zero-order chi connectivity index (χ0) is 16.4. The fraction of sp³-hybridized carbons (Fsp3) is 0.0500. The Morgan fingerprint density at radius 3 is 2.50 bits per heavy atom. The zero-order valence-corrected chi connectivity index (χ0v) is 14.5. The summed E-state index contributed by atoms with van der Waals surface area (Å²) in [5, 5.41) is 5.59. The molecule has 1 heterocycles. The Morgan fingerprint density at radius 1 is 0.917 bits per heavy atom. The minimum absolute atomic E-state index is 0.554. The third kappa shape index (κ3) is 3.05. The highest BCUT2D eigenvalue weighted by Crippen LogP contribution is 2.24. The Hall–Kier alpha value is -2.59. The SMILES string of the molecule is Brc1ccc(-n2ncc3ccc(OCc4ccccc4)cc32)cc1. The van der Waals surface area contributed by atoms with E-state index in [2.05, 4.69) is 33.2 Å². The molecule has 24 heavy (non-hydrogen) atoms. The predicted molar refractivity (Wildman–Crippen MR) is 99.5 cm³/mol. The second-order valence-corrected chi connectivity index (χ2v) is 6.44. The monoisotopic (exact) mass is 378 g/mol. The first kappa shape index (κ1) is 15.0. The van der Waals surface area contributed by atoms with Crippen molar-refractivity contribution in [2.45, 2.75) is 6.61 Å². The van der Waals surface area contributed by atoms with Gasteiger partial charge in [-0.15, -0.1) is 0 Å². The Kier molecular flexibility index (Phi) is 4.05. The molecule has 0 N–H and O–H groups in total. The molecular weight excluding hydrogens is 364 g/mol. The van der Waals surface area contributed by atoms with Gasteiger partial charge in [0, 0.05) is 15.9 Å². The van der Waals surface area contributed by atoms with Gasteiger partial charge >= 0.3 is 0 Å². The summed E-state index contributed by atoms with van der Waals surface area (Å²) in [5.41, 5.74) is 3.20. The van der Waals surface area contributed by atoms with Crippen molar-refractivity contribution in [1.82, 2.24) is 9.78 Å². The van der Waals surface area contributed by atoms with Crippen LogP contribution in [0.5, 0.6) is 5.75 Å². The van der Waals surface area contributed by atoms with Crippen LogP contribution in [-0.2, 0) is 6.61 Å². The largest absolute Gasteiger partial charge is 0.489 e. The van der Waals surface area contributed by atoms with E-state index >= 15 is 0 Å². The summed E-state index contributed by atoms with van der Waals surface area (Å²) in [5.74, 6) is 0.838. The quantitative estimate of drug-likeness (QED) is 0.477. The minimum atomic E-state index is 0.554. The van der Waals surface area contributed by atoms with Gasteiger partial charge in [-0.3, -0.25) is 0 Å². The van der Waals surface area contributed by atoms with Crippen LogP contribution in [0.1, 0.15) is 5.56 Å². The van der Waals surface area contributed by atoms with Gasteiger partial charge in [-0.1, -0.05) is 46.3 Å². The highest BCUT2D eigenvalue weighted by molar-refractivity contribution is 9.10. The van der Waals surface area contributed by atoms with E-state index in [1.165, 1.54) is 0 Å². The molecule has 0 aliphatic heterocycles. The summed E-state index contributed by atoms with van der Waals surface area (Å²) in [6, 6.07) is 24.3. The van der Waals surface area contributed by atoms with Crippen molar-refractivity contribution in [3.8, 4) is 11.4 Å². The maximum absolute atomic E-state index is 5.93.